The van der Waals surface area contributed by atoms with E-state index in [-0.39, 0.29) is 23.3 Å². The molecule has 2 heterocycles. The molecule has 1 aliphatic carbocycles. The summed E-state index contributed by atoms with van der Waals surface area (Å²) in [6.45, 7) is 0.800. The summed E-state index contributed by atoms with van der Waals surface area (Å²) >= 11 is 0. The number of ether oxygens (including phenoxy) is 1. The van der Waals surface area contributed by atoms with Crippen molar-refractivity contribution in [3.05, 3.63) is 59.7 Å². The maximum absolute atomic E-state index is 14.4. The van der Waals surface area contributed by atoms with Gasteiger partial charge in [-0.05, 0) is 37.1 Å². The number of piperidine rings is 1. The van der Waals surface area contributed by atoms with Gasteiger partial charge in [0.1, 0.15) is 11.4 Å². The second-order valence-corrected chi connectivity index (χ2v) is 7.43. The lowest BCUT2D eigenvalue weighted by atomic mass is 9.62. The second-order valence-electron chi connectivity index (χ2n) is 7.43. The first-order valence-corrected chi connectivity index (χ1v) is 9.30. The van der Waals surface area contributed by atoms with Gasteiger partial charge in [-0.3, -0.25) is 4.79 Å². The maximum Gasteiger partial charge on any atom is 0.254 e. The van der Waals surface area contributed by atoms with E-state index in [0.29, 0.717) is 24.4 Å². The Kier molecular flexibility index (Phi) is 4.60. The van der Waals surface area contributed by atoms with Gasteiger partial charge in [0.25, 0.3) is 5.91 Å². The third kappa shape index (κ3) is 2.98. The number of rotatable bonds is 3. The van der Waals surface area contributed by atoms with Crippen molar-refractivity contribution in [1.29, 1.82) is 0 Å². The molecular weight excluding hydrogens is 347 g/mol. The molecule has 1 unspecified atom stereocenters. The van der Waals surface area contributed by atoms with Crippen LogP contribution in [0.25, 0.3) is 0 Å². The van der Waals surface area contributed by atoms with Gasteiger partial charge >= 0.3 is 0 Å². The Labute approximate surface area is 157 Å². The van der Waals surface area contributed by atoms with Gasteiger partial charge in [-0.25, -0.2) is 4.98 Å². The van der Waals surface area contributed by atoms with Crippen LogP contribution < -0.4 is 4.74 Å². The van der Waals surface area contributed by atoms with E-state index >= 15 is 0 Å². The monoisotopic (exact) mass is 370 g/mol. The number of methoxy groups -OCH3 is 1. The predicted molar refractivity (Wildman–Crippen MR) is 97.8 cm³/mol. The number of hydrogen-bond donors (Lipinski definition) is 1. The molecule has 2 fully saturated rings. The quantitative estimate of drug-likeness (QED) is 0.844. The van der Waals surface area contributed by atoms with Gasteiger partial charge in [0.2, 0.25) is 5.95 Å². The first-order valence-electron chi connectivity index (χ1n) is 9.30. The summed E-state index contributed by atoms with van der Waals surface area (Å²) in [6.07, 6.45) is 3.87. The zero-order chi connectivity index (χ0) is 19.0. The summed E-state index contributed by atoms with van der Waals surface area (Å²) in [5.41, 5.74) is -0.458. The summed E-state index contributed by atoms with van der Waals surface area (Å²) in [5, 5.41) is 11.5. The van der Waals surface area contributed by atoms with Crippen molar-refractivity contribution in [2.45, 2.75) is 24.9 Å². The maximum atomic E-state index is 14.4. The molecule has 1 N–H and O–H groups in total. The van der Waals surface area contributed by atoms with Crippen molar-refractivity contribution in [2.24, 2.45) is 11.8 Å². The SMILES string of the molecule is COc1cccc(C(=O)N2C[C@H]3CCC[C@@H](C2)C3(O)c2cccnc2F)c1. The number of aromatic nitrogens is 1. The molecule has 6 heteroatoms. The Hall–Kier alpha value is -2.47. The molecule has 1 aromatic heterocycles. The minimum atomic E-state index is -1.28. The molecule has 4 rings (SSSR count). The molecule has 5 nitrogen and oxygen atoms in total. The predicted octanol–water partition coefficient (Wildman–Crippen LogP) is 2.99. The van der Waals surface area contributed by atoms with Crippen molar-refractivity contribution >= 4 is 5.91 Å². The molecule has 0 spiro atoms. The Morgan fingerprint density at radius 3 is 2.67 bits per heavy atom. The molecule has 1 aromatic carbocycles. The number of carbonyl (C=O) groups excluding carboxylic acids is 1. The third-order valence-electron chi connectivity index (χ3n) is 6.03. The molecule has 2 bridgehead atoms. The summed E-state index contributed by atoms with van der Waals surface area (Å²) < 4.78 is 19.6. The van der Waals surface area contributed by atoms with Gasteiger partial charge in [-0.15, -0.1) is 0 Å². The Balaban J connectivity index is 1.63. The summed E-state index contributed by atoms with van der Waals surface area (Å²) in [6, 6.07) is 10.3. The fourth-order valence-corrected chi connectivity index (χ4v) is 4.68. The number of likely N-dealkylation sites (tertiary alicyclic amines) is 1. The number of amides is 1. The van der Waals surface area contributed by atoms with Crippen LogP contribution >= 0.6 is 0 Å². The first kappa shape index (κ1) is 17.9. The van der Waals surface area contributed by atoms with Gasteiger partial charge in [0.05, 0.1) is 7.11 Å². The Morgan fingerprint density at radius 1 is 1.26 bits per heavy atom. The topological polar surface area (TPSA) is 62.7 Å². The summed E-state index contributed by atoms with van der Waals surface area (Å²) in [7, 11) is 1.57. The molecule has 2 aromatic rings. The summed E-state index contributed by atoms with van der Waals surface area (Å²) in [5.74, 6) is -0.493. The zero-order valence-corrected chi connectivity index (χ0v) is 15.3. The van der Waals surface area contributed by atoms with Crippen LogP contribution in [-0.2, 0) is 5.60 Å². The molecular formula is C21H23FN2O3. The highest BCUT2D eigenvalue weighted by Gasteiger charge is 2.53. The number of benzene rings is 1. The lowest BCUT2D eigenvalue weighted by Crippen LogP contribution is -2.59. The van der Waals surface area contributed by atoms with E-state index in [4.69, 9.17) is 4.74 Å². The largest absolute Gasteiger partial charge is 0.497 e. The fourth-order valence-electron chi connectivity index (χ4n) is 4.68. The third-order valence-corrected chi connectivity index (χ3v) is 6.03. The average Bonchev–Trinajstić information content (AvgIpc) is 2.67. The first-order chi connectivity index (χ1) is 13.0. The van der Waals surface area contributed by atoms with Crippen LogP contribution in [0.15, 0.2) is 42.6 Å². The summed E-state index contributed by atoms with van der Waals surface area (Å²) in [4.78, 5) is 18.5. The van der Waals surface area contributed by atoms with Crippen LogP contribution in [0.4, 0.5) is 4.39 Å². The van der Waals surface area contributed by atoms with Gasteiger partial charge in [0.15, 0.2) is 0 Å². The van der Waals surface area contributed by atoms with E-state index in [1.165, 1.54) is 6.20 Å². The molecule has 1 saturated carbocycles. The second kappa shape index (κ2) is 6.93. The van der Waals surface area contributed by atoms with Crippen LogP contribution in [0.5, 0.6) is 5.75 Å². The standard InChI is InChI=1S/C21H23FN2O3/c1-27-17-8-2-5-14(11-17)20(25)24-12-15-6-3-7-16(13-24)21(15,26)18-9-4-10-23-19(18)22/h2,4-5,8-11,15-16,26H,3,6-7,12-13H2,1H3/t15-,16+,21?. The zero-order valence-electron chi connectivity index (χ0n) is 15.3. The number of halogens is 1. The number of pyridine rings is 1. The Morgan fingerprint density at radius 2 is 2.00 bits per heavy atom. The van der Waals surface area contributed by atoms with Gasteiger partial charge in [0, 0.05) is 42.2 Å². The van der Waals surface area contributed by atoms with Gasteiger partial charge < -0.3 is 14.7 Å². The van der Waals surface area contributed by atoms with E-state index in [9.17, 15) is 14.3 Å². The lowest BCUT2D eigenvalue weighted by Gasteiger charge is -2.53. The number of hydrogen-bond acceptors (Lipinski definition) is 4. The highest BCUT2D eigenvalue weighted by Crippen LogP contribution is 2.49. The Bertz CT molecular complexity index is 843. The molecule has 27 heavy (non-hydrogen) atoms. The van der Waals surface area contributed by atoms with Crippen molar-refractivity contribution in [3.63, 3.8) is 0 Å². The molecule has 3 atom stereocenters. The number of aliphatic hydroxyl groups is 1. The van der Waals surface area contributed by atoms with Gasteiger partial charge in [-0.1, -0.05) is 18.6 Å². The molecule has 142 valence electrons. The van der Waals surface area contributed by atoms with Crippen molar-refractivity contribution < 1.29 is 19.0 Å². The molecule has 1 aliphatic heterocycles. The number of carbonyl (C=O) groups is 1. The van der Waals surface area contributed by atoms with E-state index in [2.05, 4.69) is 4.98 Å². The normalized spacial score (nSPS) is 27.3. The van der Waals surface area contributed by atoms with Crippen LogP contribution in [0.3, 0.4) is 0 Å². The van der Waals surface area contributed by atoms with Gasteiger partial charge in [-0.2, -0.15) is 4.39 Å². The van der Waals surface area contributed by atoms with Crippen LogP contribution in [0, 0.1) is 17.8 Å². The molecule has 0 radical (unpaired) electrons. The molecule has 1 saturated heterocycles. The van der Waals surface area contributed by atoms with Crippen LogP contribution in [0.2, 0.25) is 0 Å². The molecule has 2 aliphatic rings. The van der Waals surface area contributed by atoms with E-state index in [0.717, 1.165) is 19.3 Å². The number of nitrogens with zero attached hydrogens (tertiary/aromatic N) is 2. The minimum Gasteiger partial charge on any atom is -0.497 e. The lowest BCUT2D eigenvalue weighted by molar-refractivity contribution is -0.141. The molecule has 1 amide bonds. The number of fused-ring (bicyclic) bond motifs is 2. The van der Waals surface area contributed by atoms with Crippen molar-refractivity contribution in [2.75, 3.05) is 20.2 Å². The minimum absolute atomic E-state index is 0.0838. The highest BCUT2D eigenvalue weighted by molar-refractivity contribution is 5.94. The van der Waals surface area contributed by atoms with E-state index in [1.807, 2.05) is 0 Å². The highest BCUT2D eigenvalue weighted by atomic mass is 19.1. The van der Waals surface area contributed by atoms with Crippen LogP contribution in [-0.4, -0.2) is 41.1 Å². The van der Waals surface area contributed by atoms with E-state index < -0.39 is 11.5 Å². The fraction of sp³-hybridized carbons (Fsp3) is 0.429. The smallest absolute Gasteiger partial charge is 0.254 e. The van der Waals surface area contributed by atoms with Crippen molar-refractivity contribution in [3.8, 4) is 5.75 Å². The average molecular weight is 370 g/mol. The van der Waals surface area contributed by atoms with E-state index in [1.54, 1.807) is 48.4 Å². The van der Waals surface area contributed by atoms with Crippen LogP contribution in [0.1, 0.15) is 35.2 Å². The van der Waals surface area contributed by atoms with Crippen molar-refractivity contribution in [1.82, 2.24) is 9.88 Å².